The van der Waals surface area contributed by atoms with E-state index in [2.05, 4.69) is 27.7 Å². The third-order valence-electron chi connectivity index (χ3n) is 5.22. The van der Waals surface area contributed by atoms with Crippen molar-refractivity contribution in [3.8, 4) is 0 Å². The van der Waals surface area contributed by atoms with Crippen molar-refractivity contribution in [3.05, 3.63) is 0 Å². The highest BCUT2D eigenvalue weighted by atomic mass is 16.1. The fourth-order valence-electron chi connectivity index (χ4n) is 2.41. The van der Waals surface area contributed by atoms with Gasteiger partial charge in [0.25, 0.3) is 0 Å². The number of rotatable bonds is 10. The van der Waals surface area contributed by atoms with Gasteiger partial charge in [-0.3, -0.25) is 9.59 Å². The van der Waals surface area contributed by atoms with Crippen molar-refractivity contribution >= 4 is 11.6 Å². The molecular formula is C17H32O2. The number of Topliss-reactive ketones (excluding diaryl/α,β-unsaturated/α-hetero) is 2. The predicted molar refractivity (Wildman–Crippen MR) is 81.2 cm³/mol. The van der Waals surface area contributed by atoms with E-state index in [1.54, 1.807) is 13.8 Å². The highest BCUT2D eigenvalue weighted by Crippen LogP contribution is 2.32. The van der Waals surface area contributed by atoms with Gasteiger partial charge in [0.2, 0.25) is 0 Å². The lowest BCUT2D eigenvalue weighted by molar-refractivity contribution is -0.126. The Morgan fingerprint density at radius 1 is 0.737 bits per heavy atom. The number of ketones is 2. The van der Waals surface area contributed by atoms with Crippen molar-refractivity contribution in [2.45, 2.75) is 86.5 Å². The van der Waals surface area contributed by atoms with Crippen LogP contribution in [0.15, 0.2) is 0 Å². The lowest BCUT2D eigenvalue weighted by Gasteiger charge is -2.26. The van der Waals surface area contributed by atoms with Gasteiger partial charge in [-0.25, -0.2) is 0 Å². The largest absolute Gasteiger partial charge is 0.299 e. The van der Waals surface area contributed by atoms with Crippen LogP contribution >= 0.6 is 0 Å². The van der Waals surface area contributed by atoms with Crippen LogP contribution in [-0.4, -0.2) is 11.6 Å². The van der Waals surface area contributed by atoms with Gasteiger partial charge in [0, 0.05) is 10.8 Å². The second kappa shape index (κ2) is 7.81. The van der Waals surface area contributed by atoms with Crippen LogP contribution in [0.1, 0.15) is 86.5 Å². The Morgan fingerprint density at radius 2 is 1.05 bits per heavy atom. The summed E-state index contributed by atoms with van der Waals surface area (Å²) in [6, 6.07) is 0. The lowest BCUT2D eigenvalue weighted by atomic mass is 9.77. The monoisotopic (exact) mass is 268 g/mol. The van der Waals surface area contributed by atoms with E-state index in [0.29, 0.717) is 11.6 Å². The topological polar surface area (TPSA) is 34.1 Å². The molecule has 0 fully saturated rings. The van der Waals surface area contributed by atoms with Gasteiger partial charge in [-0.15, -0.1) is 0 Å². The summed E-state index contributed by atoms with van der Waals surface area (Å²) in [5.74, 6) is 0.606. The van der Waals surface area contributed by atoms with Crippen molar-refractivity contribution < 1.29 is 9.59 Å². The molecule has 0 saturated carbocycles. The number of unbranched alkanes of at least 4 members (excludes halogenated alkanes) is 2. The first-order valence-corrected chi connectivity index (χ1v) is 7.74. The van der Waals surface area contributed by atoms with E-state index in [-0.39, 0.29) is 10.8 Å². The first-order valence-electron chi connectivity index (χ1n) is 7.74. The predicted octanol–water partition coefficient (Wildman–Crippen LogP) is 4.95. The quantitative estimate of drug-likeness (QED) is 0.525. The average Bonchev–Trinajstić information content (AvgIpc) is 2.37. The zero-order chi connectivity index (χ0) is 15.1. The summed E-state index contributed by atoms with van der Waals surface area (Å²) in [4.78, 5) is 23.2. The number of hydrogen-bond acceptors (Lipinski definition) is 2. The second-order valence-corrected chi connectivity index (χ2v) is 6.50. The van der Waals surface area contributed by atoms with E-state index >= 15 is 0 Å². The van der Waals surface area contributed by atoms with Crippen LogP contribution in [-0.2, 0) is 9.59 Å². The first kappa shape index (κ1) is 18.3. The maximum atomic E-state index is 11.6. The molecule has 0 rings (SSSR count). The Morgan fingerprint density at radius 3 is 1.26 bits per heavy atom. The molecule has 0 saturated heterocycles. The molecule has 0 spiro atoms. The Kier molecular flexibility index (Phi) is 7.54. The molecule has 0 aromatic carbocycles. The smallest absolute Gasteiger partial charge is 0.135 e. The molecule has 2 atom stereocenters. The van der Waals surface area contributed by atoms with Crippen LogP contribution in [0.3, 0.4) is 0 Å². The Hall–Kier alpha value is -0.660. The standard InChI is InChI=1S/C17H32O2/c1-7-16(5,14(3)18)12-10-9-11-13-17(6,8-2)15(4)19/h7-13H2,1-6H3. The van der Waals surface area contributed by atoms with Crippen LogP contribution in [0.2, 0.25) is 0 Å². The lowest BCUT2D eigenvalue weighted by Crippen LogP contribution is -2.25. The highest BCUT2D eigenvalue weighted by Gasteiger charge is 2.28. The average molecular weight is 268 g/mol. The molecule has 0 aliphatic carbocycles. The van der Waals surface area contributed by atoms with E-state index in [0.717, 1.165) is 44.9 Å². The molecule has 0 aliphatic rings. The zero-order valence-corrected chi connectivity index (χ0v) is 13.8. The summed E-state index contributed by atoms with van der Waals surface area (Å²) < 4.78 is 0. The molecule has 19 heavy (non-hydrogen) atoms. The SMILES string of the molecule is CCC(C)(CCCCCC(C)(CC)C(C)=O)C(C)=O. The summed E-state index contributed by atoms with van der Waals surface area (Å²) in [5.41, 5.74) is -0.288. The van der Waals surface area contributed by atoms with Gasteiger partial charge < -0.3 is 0 Å². The normalized spacial score (nSPS) is 17.6. The fraction of sp³-hybridized carbons (Fsp3) is 0.882. The molecule has 0 aromatic heterocycles. The van der Waals surface area contributed by atoms with E-state index in [1.165, 1.54) is 0 Å². The molecule has 0 amide bonds. The van der Waals surface area contributed by atoms with Crippen molar-refractivity contribution in [2.24, 2.45) is 10.8 Å². The van der Waals surface area contributed by atoms with Crippen LogP contribution in [0.4, 0.5) is 0 Å². The minimum Gasteiger partial charge on any atom is -0.299 e. The summed E-state index contributed by atoms with van der Waals surface area (Å²) in [5, 5.41) is 0. The summed E-state index contributed by atoms with van der Waals surface area (Å²) in [6.45, 7) is 11.7. The van der Waals surface area contributed by atoms with E-state index < -0.39 is 0 Å². The van der Waals surface area contributed by atoms with Gasteiger partial charge in [0.15, 0.2) is 0 Å². The number of hydrogen-bond donors (Lipinski definition) is 0. The minimum atomic E-state index is -0.144. The van der Waals surface area contributed by atoms with Gasteiger partial charge in [-0.2, -0.15) is 0 Å². The molecule has 0 aliphatic heterocycles. The number of carbonyl (C=O) groups excluding carboxylic acids is 2. The molecular weight excluding hydrogens is 236 g/mol. The van der Waals surface area contributed by atoms with Crippen LogP contribution in [0.25, 0.3) is 0 Å². The van der Waals surface area contributed by atoms with Crippen molar-refractivity contribution in [3.63, 3.8) is 0 Å². The van der Waals surface area contributed by atoms with E-state index in [9.17, 15) is 9.59 Å². The maximum Gasteiger partial charge on any atom is 0.135 e. The minimum absolute atomic E-state index is 0.144. The highest BCUT2D eigenvalue weighted by molar-refractivity contribution is 5.82. The van der Waals surface area contributed by atoms with E-state index in [1.807, 2.05) is 0 Å². The van der Waals surface area contributed by atoms with Crippen LogP contribution in [0, 0.1) is 10.8 Å². The van der Waals surface area contributed by atoms with Gasteiger partial charge in [0.05, 0.1) is 0 Å². The second-order valence-electron chi connectivity index (χ2n) is 6.50. The van der Waals surface area contributed by atoms with Crippen molar-refractivity contribution in [1.82, 2.24) is 0 Å². The molecule has 0 radical (unpaired) electrons. The van der Waals surface area contributed by atoms with Gasteiger partial charge >= 0.3 is 0 Å². The molecule has 2 unspecified atom stereocenters. The third kappa shape index (κ3) is 5.46. The van der Waals surface area contributed by atoms with E-state index in [4.69, 9.17) is 0 Å². The molecule has 2 nitrogen and oxygen atoms in total. The summed E-state index contributed by atoms with van der Waals surface area (Å²) >= 11 is 0. The molecule has 0 N–H and O–H groups in total. The fourth-order valence-corrected chi connectivity index (χ4v) is 2.41. The maximum absolute atomic E-state index is 11.6. The molecule has 0 bridgehead atoms. The molecule has 112 valence electrons. The van der Waals surface area contributed by atoms with Crippen LogP contribution < -0.4 is 0 Å². The number of carbonyl (C=O) groups is 2. The summed E-state index contributed by atoms with van der Waals surface area (Å²) in [6.07, 6.45) is 7.07. The van der Waals surface area contributed by atoms with Gasteiger partial charge in [0.1, 0.15) is 11.6 Å². The summed E-state index contributed by atoms with van der Waals surface area (Å²) in [7, 11) is 0. The van der Waals surface area contributed by atoms with Crippen molar-refractivity contribution in [2.75, 3.05) is 0 Å². The zero-order valence-electron chi connectivity index (χ0n) is 13.8. The Labute approximate surface area is 119 Å². The molecule has 0 aromatic rings. The van der Waals surface area contributed by atoms with Crippen LogP contribution in [0.5, 0.6) is 0 Å². The molecule has 2 heteroatoms. The van der Waals surface area contributed by atoms with Gasteiger partial charge in [-0.05, 0) is 39.5 Å². The third-order valence-corrected chi connectivity index (χ3v) is 5.22. The Bertz CT molecular complexity index is 278. The van der Waals surface area contributed by atoms with Crippen molar-refractivity contribution in [1.29, 1.82) is 0 Å². The molecule has 0 heterocycles. The van der Waals surface area contributed by atoms with Gasteiger partial charge in [-0.1, -0.05) is 47.0 Å². The first-order chi connectivity index (χ1) is 8.72. The Balaban J connectivity index is 4.06.